The van der Waals surface area contributed by atoms with Crippen LogP contribution in [-0.4, -0.2) is 34.3 Å². The summed E-state index contributed by atoms with van der Waals surface area (Å²) in [6, 6.07) is -0.108. The Labute approximate surface area is 101 Å². The van der Waals surface area contributed by atoms with Gasteiger partial charge in [-0.2, -0.15) is 0 Å². The van der Waals surface area contributed by atoms with Gasteiger partial charge in [-0.1, -0.05) is 19.1 Å². The van der Waals surface area contributed by atoms with Gasteiger partial charge in [-0.3, -0.25) is 9.59 Å². The minimum atomic E-state index is -0.542. The molecule has 4 N–H and O–H groups in total. The molecule has 0 fully saturated rings. The number of carbonyl (C=O) groups excluding carboxylic acids is 2. The molecule has 0 spiro atoms. The number of rotatable bonds is 6. The molecule has 0 aliphatic carbocycles. The number of primary amides is 1. The lowest BCUT2D eigenvalue weighted by atomic mass is 10.0. The van der Waals surface area contributed by atoms with Crippen molar-refractivity contribution in [2.75, 3.05) is 6.54 Å². The third-order valence-corrected chi connectivity index (χ3v) is 2.57. The number of thiocarbonyl (C=S) groups is 1. The normalized spacial score (nSPS) is 12.2. The summed E-state index contributed by atoms with van der Waals surface area (Å²) in [7, 11) is 0. The number of nitrogens with two attached hydrogens (primary N) is 2. The summed E-state index contributed by atoms with van der Waals surface area (Å²) in [6.07, 6.45) is 0.524. The van der Waals surface area contributed by atoms with Crippen molar-refractivity contribution in [3.8, 4) is 0 Å². The smallest absolute Gasteiger partial charge is 0.237 e. The molecule has 16 heavy (non-hydrogen) atoms. The zero-order valence-corrected chi connectivity index (χ0v) is 10.7. The second-order valence-corrected chi connectivity index (χ2v) is 4.36. The van der Waals surface area contributed by atoms with Crippen molar-refractivity contribution in [2.24, 2.45) is 17.4 Å². The van der Waals surface area contributed by atoms with E-state index >= 15 is 0 Å². The van der Waals surface area contributed by atoms with E-state index < -0.39 is 11.8 Å². The Kier molecular flexibility index (Phi) is 5.95. The molecule has 0 radical (unpaired) electrons. The molecule has 1 atom stereocenters. The van der Waals surface area contributed by atoms with E-state index in [1.807, 2.05) is 20.8 Å². The summed E-state index contributed by atoms with van der Waals surface area (Å²) in [6.45, 7) is 5.35. The molecular formula is C10H19N3O2S. The first-order valence-corrected chi connectivity index (χ1v) is 5.60. The Balaban J connectivity index is 4.85. The quantitative estimate of drug-likeness (QED) is 0.646. The van der Waals surface area contributed by atoms with E-state index in [1.165, 1.54) is 4.90 Å². The number of hydrogen-bond acceptors (Lipinski definition) is 3. The van der Waals surface area contributed by atoms with Crippen LogP contribution in [-0.2, 0) is 9.59 Å². The maximum Gasteiger partial charge on any atom is 0.237 e. The molecule has 1 unspecified atom stereocenters. The van der Waals surface area contributed by atoms with Gasteiger partial charge in [0, 0.05) is 6.04 Å². The minimum absolute atomic E-state index is 0.102. The van der Waals surface area contributed by atoms with Crippen LogP contribution >= 0.6 is 12.2 Å². The number of carbonyl (C=O) groups is 2. The van der Waals surface area contributed by atoms with Crippen molar-refractivity contribution in [3.63, 3.8) is 0 Å². The molecule has 5 nitrogen and oxygen atoms in total. The van der Waals surface area contributed by atoms with Gasteiger partial charge in [-0.25, -0.2) is 0 Å². The molecule has 2 amide bonds. The van der Waals surface area contributed by atoms with Gasteiger partial charge < -0.3 is 16.4 Å². The highest BCUT2D eigenvalue weighted by Crippen LogP contribution is 2.11. The Bertz CT molecular complexity index is 292. The average molecular weight is 245 g/mol. The first-order valence-electron chi connectivity index (χ1n) is 5.19. The summed E-state index contributed by atoms with van der Waals surface area (Å²) in [5.41, 5.74) is 10.6. The Morgan fingerprint density at radius 2 is 1.81 bits per heavy atom. The van der Waals surface area contributed by atoms with Gasteiger partial charge in [0.25, 0.3) is 0 Å². The van der Waals surface area contributed by atoms with E-state index in [-0.39, 0.29) is 23.5 Å². The minimum Gasteiger partial charge on any atom is -0.393 e. The highest BCUT2D eigenvalue weighted by molar-refractivity contribution is 7.80. The fourth-order valence-corrected chi connectivity index (χ4v) is 1.65. The van der Waals surface area contributed by atoms with Crippen LogP contribution in [0.25, 0.3) is 0 Å². The van der Waals surface area contributed by atoms with Crippen molar-refractivity contribution in [1.82, 2.24) is 4.90 Å². The van der Waals surface area contributed by atoms with Crippen LogP contribution in [0.15, 0.2) is 0 Å². The third kappa shape index (κ3) is 4.14. The van der Waals surface area contributed by atoms with E-state index in [2.05, 4.69) is 0 Å². The van der Waals surface area contributed by atoms with Crippen LogP contribution in [0.4, 0.5) is 0 Å². The van der Waals surface area contributed by atoms with Crippen LogP contribution in [0.3, 0.4) is 0 Å². The van der Waals surface area contributed by atoms with Crippen LogP contribution < -0.4 is 11.5 Å². The Morgan fingerprint density at radius 1 is 1.31 bits per heavy atom. The molecule has 0 aromatic heterocycles. The van der Waals surface area contributed by atoms with E-state index in [4.69, 9.17) is 23.7 Å². The lowest BCUT2D eigenvalue weighted by Gasteiger charge is -2.28. The topological polar surface area (TPSA) is 89.4 Å². The molecule has 0 saturated heterocycles. The highest BCUT2D eigenvalue weighted by atomic mass is 32.1. The number of hydrogen-bond donors (Lipinski definition) is 2. The zero-order chi connectivity index (χ0) is 12.9. The molecule has 0 bridgehead atoms. The average Bonchev–Trinajstić information content (AvgIpc) is 2.13. The molecular weight excluding hydrogens is 226 g/mol. The SMILES string of the molecule is CCC(C(=O)N(CC(N)=O)C(C)C)C(N)=S. The number of nitrogens with zero attached hydrogens (tertiary/aromatic N) is 1. The van der Waals surface area contributed by atoms with Crippen molar-refractivity contribution >= 4 is 29.0 Å². The predicted molar refractivity (Wildman–Crippen MR) is 66.6 cm³/mol. The van der Waals surface area contributed by atoms with Crippen LogP contribution in [0.2, 0.25) is 0 Å². The number of amides is 2. The van der Waals surface area contributed by atoms with E-state index in [0.717, 1.165) is 0 Å². The maximum absolute atomic E-state index is 12.0. The van der Waals surface area contributed by atoms with Crippen molar-refractivity contribution < 1.29 is 9.59 Å². The third-order valence-electron chi connectivity index (χ3n) is 2.28. The van der Waals surface area contributed by atoms with Crippen molar-refractivity contribution in [2.45, 2.75) is 33.2 Å². The van der Waals surface area contributed by atoms with Gasteiger partial charge in [-0.15, -0.1) is 0 Å². The molecule has 0 rings (SSSR count). The molecule has 0 saturated carbocycles. The summed E-state index contributed by atoms with van der Waals surface area (Å²) in [5.74, 6) is -1.29. The first kappa shape index (κ1) is 14.8. The zero-order valence-electron chi connectivity index (χ0n) is 9.90. The van der Waals surface area contributed by atoms with Crippen LogP contribution in [0.5, 0.6) is 0 Å². The summed E-state index contributed by atoms with van der Waals surface area (Å²) in [5, 5.41) is 0. The fourth-order valence-electron chi connectivity index (χ4n) is 1.38. The molecule has 0 aromatic carbocycles. The summed E-state index contributed by atoms with van der Waals surface area (Å²) >= 11 is 4.83. The monoisotopic (exact) mass is 245 g/mol. The summed E-state index contributed by atoms with van der Waals surface area (Å²) in [4.78, 5) is 24.5. The first-order chi connectivity index (χ1) is 7.31. The molecule has 92 valence electrons. The largest absolute Gasteiger partial charge is 0.393 e. The van der Waals surface area contributed by atoms with E-state index in [9.17, 15) is 9.59 Å². The van der Waals surface area contributed by atoms with Crippen molar-refractivity contribution in [1.29, 1.82) is 0 Å². The van der Waals surface area contributed by atoms with Crippen LogP contribution in [0.1, 0.15) is 27.2 Å². The standard InChI is InChI=1S/C10H19N3O2S/c1-4-7(9(12)16)10(15)13(6(2)3)5-8(11)14/h6-7H,4-5H2,1-3H3,(H2,11,14)(H2,12,16). The molecule has 0 heterocycles. The van der Waals surface area contributed by atoms with Crippen LogP contribution in [0, 0.1) is 5.92 Å². The van der Waals surface area contributed by atoms with E-state index in [1.54, 1.807) is 0 Å². The molecule has 0 aromatic rings. The highest BCUT2D eigenvalue weighted by Gasteiger charge is 2.27. The van der Waals surface area contributed by atoms with Gasteiger partial charge >= 0.3 is 0 Å². The molecule has 6 heteroatoms. The van der Waals surface area contributed by atoms with Crippen molar-refractivity contribution in [3.05, 3.63) is 0 Å². The fraction of sp³-hybridized carbons (Fsp3) is 0.700. The predicted octanol–water partition coefficient (Wildman–Crippen LogP) is 0.0210. The van der Waals surface area contributed by atoms with Gasteiger partial charge in [0.1, 0.15) is 0 Å². The van der Waals surface area contributed by atoms with E-state index in [0.29, 0.717) is 6.42 Å². The maximum atomic E-state index is 12.0. The van der Waals surface area contributed by atoms with Gasteiger partial charge in [0.05, 0.1) is 17.5 Å². The van der Waals surface area contributed by atoms with Gasteiger partial charge in [0.15, 0.2) is 0 Å². The molecule has 0 aliphatic rings. The Hall–Kier alpha value is -1.17. The second-order valence-electron chi connectivity index (χ2n) is 3.89. The molecule has 0 aliphatic heterocycles. The summed E-state index contributed by atoms with van der Waals surface area (Å²) < 4.78 is 0. The second kappa shape index (κ2) is 6.42. The van der Waals surface area contributed by atoms with Gasteiger partial charge in [0.2, 0.25) is 11.8 Å². The Morgan fingerprint density at radius 3 is 2.06 bits per heavy atom. The lowest BCUT2D eigenvalue weighted by molar-refractivity contribution is -0.138. The lowest BCUT2D eigenvalue weighted by Crippen LogP contribution is -2.47. The van der Waals surface area contributed by atoms with Gasteiger partial charge in [-0.05, 0) is 20.3 Å².